The fourth-order valence-corrected chi connectivity index (χ4v) is 2.74. The van der Waals surface area contributed by atoms with Gasteiger partial charge < -0.3 is 15.0 Å². The van der Waals surface area contributed by atoms with E-state index in [1.807, 2.05) is 13.8 Å². The Balaban J connectivity index is 2.10. The van der Waals surface area contributed by atoms with Gasteiger partial charge in [-0.3, -0.25) is 0 Å². The van der Waals surface area contributed by atoms with Crippen molar-refractivity contribution in [2.75, 3.05) is 13.7 Å². The minimum absolute atomic E-state index is 0.152. The first-order chi connectivity index (χ1) is 9.01. The molecule has 5 nitrogen and oxygen atoms in total. The van der Waals surface area contributed by atoms with Crippen LogP contribution >= 0.6 is 0 Å². The fraction of sp³-hybridized carbons (Fsp3) is 0.857. The minimum atomic E-state index is -0.510. The molecule has 108 valence electrons. The number of rotatable bonds is 5. The summed E-state index contributed by atoms with van der Waals surface area (Å²) in [5, 5.41) is 4.04. The monoisotopic (exact) mass is 267 g/mol. The molecule has 19 heavy (non-hydrogen) atoms. The quantitative estimate of drug-likeness (QED) is 0.886. The lowest BCUT2D eigenvalue weighted by molar-refractivity contribution is 0.00973. The lowest BCUT2D eigenvalue weighted by atomic mass is 9.72. The van der Waals surface area contributed by atoms with Crippen molar-refractivity contribution in [1.82, 2.24) is 10.1 Å². The van der Waals surface area contributed by atoms with E-state index in [4.69, 9.17) is 15.0 Å². The summed E-state index contributed by atoms with van der Waals surface area (Å²) < 4.78 is 10.8. The van der Waals surface area contributed by atoms with Crippen molar-refractivity contribution in [3.8, 4) is 0 Å². The van der Waals surface area contributed by atoms with E-state index in [1.54, 1.807) is 7.11 Å². The molecule has 1 fully saturated rings. The Morgan fingerprint density at radius 1 is 1.32 bits per heavy atom. The number of hydrogen-bond donors (Lipinski definition) is 1. The van der Waals surface area contributed by atoms with Crippen LogP contribution in [-0.4, -0.2) is 23.8 Å². The molecule has 5 heteroatoms. The molecule has 0 saturated heterocycles. The lowest BCUT2D eigenvalue weighted by Gasteiger charge is -2.34. The molecule has 0 aliphatic heterocycles. The Morgan fingerprint density at radius 2 is 2.00 bits per heavy atom. The first-order valence-electron chi connectivity index (χ1n) is 7.10. The van der Waals surface area contributed by atoms with Crippen molar-refractivity contribution in [3.05, 3.63) is 11.7 Å². The third-order valence-corrected chi connectivity index (χ3v) is 4.39. The van der Waals surface area contributed by atoms with Gasteiger partial charge in [0.25, 0.3) is 0 Å². The lowest BCUT2D eigenvalue weighted by Crippen LogP contribution is -2.35. The van der Waals surface area contributed by atoms with Crippen LogP contribution in [0.2, 0.25) is 0 Å². The molecule has 1 aromatic rings. The molecule has 0 aromatic carbocycles. The highest BCUT2D eigenvalue weighted by Crippen LogP contribution is 2.38. The van der Waals surface area contributed by atoms with Gasteiger partial charge in [-0.2, -0.15) is 4.98 Å². The smallest absolute Gasteiger partial charge is 0.227 e. The van der Waals surface area contributed by atoms with E-state index in [0.717, 1.165) is 19.3 Å². The molecule has 1 aromatic heterocycles. The van der Waals surface area contributed by atoms with E-state index >= 15 is 0 Å². The van der Waals surface area contributed by atoms with Crippen LogP contribution in [0.25, 0.3) is 0 Å². The number of nitrogens with zero attached hydrogens (tertiary/aromatic N) is 2. The summed E-state index contributed by atoms with van der Waals surface area (Å²) >= 11 is 0. The Labute approximate surface area is 114 Å². The molecule has 1 aliphatic rings. The van der Waals surface area contributed by atoms with Crippen molar-refractivity contribution in [2.45, 2.75) is 58.0 Å². The van der Waals surface area contributed by atoms with Gasteiger partial charge in [-0.1, -0.05) is 24.4 Å². The van der Waals surface area contributed by atoms with Crippen LogP contribution in [0.1, 0.15) is 57.7 Å². The fourth-order valence-electron chi connectivity index (χ4n) is 2.74. The van der Waals surface area contributed by atoms with E-state index in [-0.39, 0.29) is 5.41 Å². The topological polar surface area (TPSA) is 74.2 Å². The second-order valence-corrected chi connectivity index (χ2v) is 6.17. The largest absolute Gasteiger partial charge is 0.371 e. The van der Waals surface area contributed by atoms with Crippen molar-refractivity contribution in [2.24, 2.45) is 11.1 Å². The van der Waals surface area contributed by atoms with Crippen LogP contribution in [0.5, 0.6) is 0 Å². The van der Waals surface area contributed by atoms with Crippen LogP contribution < -0.4 is 5.73 Å². The molecule has 1 aliphatic carbocycles. The predicted octanol–water partition coefficient (Wildman–Crippen LogP) is 2.40. The highest BCUT2D eigenvalue weighted by atomic mass is 16.5. The number of aromatic nitrogens is 2. The average molecular weight is 267 g/mol. The van der Waals surface area contributed by atoms with Gasteiger partial charge in [0.1, 0.15) is 5.60 Å². The SMILES string of the molecule is COC(C)(C)c1noc(CC2(CN)CCCCC2)n1. The summed E-state index contributed by atoms with van der Waals surface area (Å²) in [5.74, 6) is 1.29. The van der Waals surface area contributed by atoms with Crippen molar-refractivity contribution >= 4 is 0 Å². The predicted molar refractivity (Wildman–Crippen MR) is 72.6 cm³/mol. The molecule has 2 rings (SSSR count). The van der Waals surface area contributed by atoms with Gasteiger partial charge in [-0.05, 0) is 38.6 Å². The van der Waals surface area contributed by atoms with Gasteiger partial charge in [-0.25, -0.2) is 0 Å². The molecular weight excluding hydrogens is 242 g/mol. The molecule has 0 bridgehead atoms. The molecule has 0 spiro atoms. The normalized spacial score (nSPS) is 19.6. The first-order valence-corrected chi connectivity index (χ1v) is 7.10. The zero-order chi connectivity index (χ0) is 13.9. The van der Waals surface area contributed by atoms with Crippen molar-refractivity contribution in [3.63, 3.8) is 0 Å². The highest BCUT2D eigenvalue weighted by molar-refractivity contribution is 5.00. The molecule has 0 radical (unpaired) electrons. The van der Waals surface area contributed by atoms with Gasteiger partial charge in [0.15, 0.2) is 0 Å². The Bertz CT molecular complexity index is 409. The Kier molecular flexibility index (Phi) is 4.26. The highest BCUT2D eigenvalue weighted by Gasteiger charge is 2.34. The average Bonchev–Trinajstić information content (AvgIpc) is 2.89. The van der Waals surface area contributed by atoms with Crippen LogP contribution in [0.4, 0.5) is 0 Å². The van der Waals surface area contributed by atoms with E-state index in [9.17, 15) is 0 Å². The van der Waals surface area contributed by atoms with Crippen LogP contribution in [-0.2, 0) is 16.8 Å². The Morgan fingerprint density at radius 3 is 2.58 bits per heavy atom. The third kappa shape index (κ3) is 3.15. The zero-order valence-corrected chi connectivity index (χ0v) is 12.2. The van der Waals surface area contributed by atoms with Gasteiger partial charge in [0.05, 0.1) is 0 Å². The summed E-state index contributed by atoms with van der Waals surface area (Å²) in [6.45, 7) is 4.56. The molecule has 1 saturated carbocycles. The van der Waals surface area contributed by atoms with Gasteiger partial charge in [0, 0.05) is 13.5 Å². The van der Waals surface area contributed by atoms with E-state index in [1.165, 1.54) is 19.3 Å². The summed E-state index contributed by atoms with van der Waals surface area (Å²) in [5.41, 5.74) is 5.63. The van der Waals surface area contributed by atoms with E-state index in [0.29, 0.717) is 18.3 Å². The maximum Gasteiger partial charge on any atom is 0.227 e. The van der Waals surface area contributed by atoms with E-state index < -0.39 is 5.60 Å². The third-order valence-electron chi connectivity index (χ3n) is 4.39. The van der Waals surface area contributed by atoms with Crippen molar-refractivity contribution in [1.29, 1.82) is 0 Å². The van der Waals surface area contributed by atoms with Crippen molar-refractivity contribution < 1.29 is 9.26 Å². The first kappa shape index (κ1) is 14.5. The number of nitrogens with two attached hydrogens (primary N) is 1. The number of methoxy groups -OCH3 is 1. The minimum Gasteiger partial charge on any atom is -0.371 e. The van der Waals surface area contributed by atoms with Crippen LogP contribution in [0.3, 0.4) is 0 Å². The molecule has 0 unspecified atom stereocenters. The molecule has 0 amide bonds. The molecule has 2 N–H and O–H groups in total. The molecule has 0 atom stereocenters. The molecular formula is C14H25N3O2. The second kappa shape index (κ2) is 5.59. The maximum atomic E-state index is 5.99. The Hall–Kier alpha value is -0.940. The molecule has 1 heterocycles. The van der Waals surface area contributed by atoms with Gasteiger partial charge in [-0.15, -0.1) is 0 Å². The summed E-state index contributed by atoms with van der Waals surface area (Å²) in [4.78, 5) is 4.48. The summed E-state index contributed by atoms with van der Waals surface area (Å²) in [7, 11) is 1.65. The second-order valence-electron chi connectivity index (χ2n) is 6.17. The standard InChI is InChI=1S/C14H25N3O2/c1-13(2,18-3)12-16-11(19-17-12)9-14(10-15)7-5-4-6-8-14/h4-10,15H2,1-3H3. The van der Waals surface area contributed by atoms with Crippen LogP contribution in [0.15, 0.2) is 4.52 Å². The van der Waals surface area contributed by atoms with Gasteiger partial charge in [0.2, 0.25) is 11.7 Å². The number of hydrogen-bond acceptors (Lipinski definition) is 5. The maximum absolute atomic E-state index is 5.99. The van der Waals surface area contributed by atoms with Gasteiger partial charge >= 0.3 is 0 Å². The summed E-state index contributed by atoms with van der Waals surface area (Å²) in [6, 6.07) is 0. The summed E-state index contributed by atoms with van der Waals surface area (Å²) in [6.07, 6.45) is 6.93. The van der Waals surface area contributed by atoms with Crippen LogP contribution in [0, 0.1) is 5.41 Å². The zero-order valence-electron chi connectivity index (χ0n) is 12.2. The number of ether oxygens (including phenoxy) is 1. The van der Waals surface area contributed by atoms with E-state index in [2.05, 4.69) is 10.1 Å².